The highest BCUT2D eigenvalue weighted by atomic mass is 32.1. The number of H-pyrrole nitrogens is 1. The van der Waals surface area contributed by atoms with Gasteiger partial charge in [0, 0.05) is 12.6 Å². The van der Waals surface area contributed by atoms with Gasteiger partial charge in [0.15, 0.2) is 0 Å². The molecule has 2 rings (SSSR count). The number of aryl methyl sites for hydroxylation is 2. The standard InChI is InChI=1S/C16H17N3OS.C2H7N/c1-10-6-7-12(9-11(10)2)14-13(5-4-8-20)15(21)19-16(17-3)18-14;1-3-2/h4-9H,1-3H3,(H2,17,18,19,21);3H,1-2H3/b5-4+;. The van der Waals surface area contributed by atoms with Gasteiger partial charge in [-0.05, 0) is 62.9 Å². The molecule has 1 aromatic heterocycles. The number of hydrogen-bond acceptors (Lipinski definition) is 5. The SMILES string of the molecule is CNC.CNc1nc(=S)c(/C=C/C=O)c(-c2ccc(C)c(C)c2)[nH]1. The number of allylic oxidation sites excluding steroid dienone is 1. The summed E-state index contributed by atoms with van der Waals surface area (Å²) in [5.41, 5.74) is 5.01. The first-order chi connectivity index (χ1) is 11.5. The summed E-state index contributed by atoms with van der Waals surface area (Å²) in [7, 11) is 5.53. The van der Waals surface area contributed by atoms with Gasteiger partial charge >= 0.3 is 0 Å². The molecular formula is C18H24N4OS. The van der Waals surface area contributed by atoms with Crippen LogP contribution in [0.2, 0.25) is 0 Å². The normalized spacial score (nSPS) is 10.2. The van der Waals surface area contributed by atoms with Crippen molar-refractivity contribution in [2.75, 3.05) is 26.5 Å². The van der Waals surface area contributed by atoms with Crippen LogP contribution in [0, 0.1) is 18.5 Å². The smallest absolute Gasteiger partial charge is 0.201 e. The lowest BCUT2D eigenvalue weighted by atomic mass is 10.0. The number of rotatable bonds is 4. The van der Waals surface area contributed by atoms with Crippen molar-refractivity contribution in [3.8, 4) is 11.3 Å². The van der Waals surface area contributed by atoms with Crippen molar-refractivity contribution in [1.29, 1.82) is 0 Å². The molecule has 0 saturated heterocycles. The molecule has 0 spiro atoms. The molecule has 0 bridgehead atoms. The zero-order valence-electron chi connectivity index (χ0n) is 14.7. The van der Waals surface area contributed by atoms with Crippen LogP contribution < -0.4 is 10.6 Å². The Morgan fingerprint density at radius 2 is 1.83 bits per heavy atom. The van der Waals surface area contributed by atoms with E-state index >= 15 is 0 Å². The fourth-order valence-corrected chi connectivity index (χ4v) is 2.28. The number of carbonyl (C=O) groups excluding carboxylic acids is 1. The first kappa shape index (κ1) is 19.7. The highest BCUT2D eigenvalue weighted by Gasteiger charge is 2.09. The van der Waals surface area contributed by atoms with Gasteiger partial charge in [-0.1, -0.05) is 24.4 Å². The van der Waals surface area contributed by atoms with Crippen molar-refractivity contribution in [3.05, 3.63) is 45.6 Å². The van der Waals surface area contributed by atoms with Crippen LogP contribution in [0.25, 0.3) is 17.3 Å². The molecule has 1 aromatic carbocycles. The second-order valence-corrected chi connectivity index (χ2v) is 5.61. The quantitative estimate of drug-likeness (QED) is 0.450. The summed E-state index contributed by atoms with van der Waals surface area (Å²) < 4.78 is 0.449. The Bertz CT molecular complexity index is 781. The van der Waals surface area contributed by atoms with Crippen LogP contribution in [0.15, 0.2) is 24.3 Å². The molecule has 0 fully saturated rings. The number of aromatic amines is 1. The van der Waals surface area contributed by atoms with Crippen LogP contribution in [0.5, 0.6) is 0 Å². The minimum Gasteiger partial charge on any atom is -0.359 e. The Labute approximate surface area is 148 Å². The van der Waals surface area contributed by atoms with Crippen LogP contribution >= 0.6 is 12.2 Å². The Hall–Kier alpha value is -2.31. The molecule has 0 radical (unpaired) electrons. The molecule has 1 heterocycles. The number of carbonyl (C=O) groups is 1. The summed E-state index contributed by atoms with van der Waals surface area (Å²) in [6, 6.07) is 6.18. The number of aromatic nitrogens is 2. The molecule has 5 nitrogen and oxygen atoms in total. The lowest BCUT2D eigenvalue weighted by molar-refractivity contribution is -0.104. The summed E-state index contributed by atoms with van der Waals surface area (Å²) in [6.07, 6.45) is 3.83. The number of anilines is 1. The maximum Gasteiger partial charge on any atom is 0.201 e. The molecule has 6 heteroatoms. The zero-order valence-corrected chi connectivity index (χ0v) is 15.5. The number of aldehydes is 1. The molecule has 0 aliphatic rings. The van der Waals surface area contributed by atoms with E-state index in [1.807, 2.05) is 20.2 Å². The van der Waals surface area contributed by atoms with E-state index in [4.69, 9.17) is 12.2 Å². The predicted molar refractivity (Wildman–Crippen MR) is 104 cm³/mol. The zero-order chi connectivity index (χ0) is 18.1. The van der Waals surface area contributed by atoms with Gasteiger partial charge in [-0.15, -0.1) is 0 Å². The van der Waals surface area contributed by atoms with Crippen molar-refractivity contribution in [2.24, 2.45) is 0 Å². The second kappa shape index (κ2) is 9.75. The molecule has 0 atom stereocenters. The van der Waals surface area contributed by atoms with Gasteiger partial charge in [0.1, 0.15) is 10.9 Å². The molecule has 0 saturated carbocycles. The third kappa shape index (κ3) is 5.11. The maximum absolute atomic E-state index is 10.6. The Kier molecular flexibility index (Phi) is 8.01. The first-order valence-corrected chi connectivity index (χ1v) is 7.99. The van der Waals surface area contributed by atoms with Crippen molar-refractivity contribution in [1.82, 2.24) is 15.3 Å². The Balaban J connectivity index is 0.000000891. The van der Waals surface area contributed by atoms with Gasteiger partial charge < -0.3 is 15.6 Å². The minimum atomic E-state index is 0.449. The highest BCUT2D eigenvalue weighted by molar-refractivity contribution is 7.71. The van der Waals surface area contributed by atoms with E-state index in [-0.39, 0.29) is 0 Å². The average Bonchev–Trinajstić information content (AvgIpc) is 2.56. The van der Waals surface area contributed by atoms with Crippen molar-refractivity contribution < 1.29 is 4.79 Å². The number of nitrogens with zero attached hydrogens (tertiary/aromatic N) is 1. The fourth-order valence-electron chi connectivity index (χ4n) is 2.02. The maximum atomic E-state index is 10.6. The highest BCUT2D eigenvalue weighted by Crippen LogP contribution is 2.26. The molecule has 0 unspecified atom stereocenters. The lowest BCUT2D eigenvalue weighted by Gasteiger charge is -2.11. The van der Waals surface area contributed by atoms with E-state index in [2.05, 4.69) is 46.6 Å². The molecule has 0 amide bonds. The van der Waals surface area contributed by atoms with Gasteiger partial charge in [-0.2, -0.15) is 0 Å². The summed E-state index contributed by atoms with van der Waals surface area (Å²) in [5, 5.41) is 5.71. The lowest BCUT2D eigenvalue weighted by Crippen LogP contribution is -2.01. The minimum absolute atomic E-state index is 0.449. The van der Waals surface area contributed by atoms with E-state index in [9.17, 15) is 4.79 Å². The van der Waals surface area contributed by atoms with Gasteiger partial charge in [0.2, 0.25) is 5.95 Å². The number of nitrogens with one attached hydrogen (secondary N) is 3. The third-order valence-corrected chi connectivity index (χ3v) is 3.64. The Morgan fingerprint density at radius 1 is 1.17 bits per heavy atom. The largest absolute Gasteiger partial charge is 0.359 e. The summed E-state index contributed by atoms with van der Waals surface area (Å²) in [6.45, 7) is 4.13. The third-order valence-electron chi connectivity index (χ3n) is 3.33. The van der Waals surface area contributed by atoms with E-state index in [0.29, 0.717) is 10.6 Å². The van der Waals surface area contributed by atoms with Crippen LogP contribution in [-0.4, -0.2) is 37.4 Å². The molecule has 3 N–H and O–H groups in total. The number of benzene rings is 1. The molecule has 2 aromatic rings. The Morgan fingerprint density at radius 3 is 2.38 bits per heavy atom. The summed E-state index contributed by atoms with van der Waals surface area (Å²) >= 11 is 5.33. The fraction of sp³-hybridized carbons (Fsp3) is 0.278. The van der Waals surface area contributed by atoms with Crippen LogP contribution in [-0.2, 0) is 4.79 Å². The second-order valence-electron chi connectivity index (χ2n) is 5.22. The molecule has 0 aliphatic carbocycles. The van der Waals surface area contributed by atoms with Gasteiger partial charge in [-0.25, -0.2) is 4.98 Å². The summed E-state index contributed by atoms with van der Waals surface area (Å²) in [5.74, 6) is 0.594. The van der Waals surface area contributed by atoms with Crippen LogP contribution in [0.4, 0.5) is 5.95 Å². The molecule has 128 valence electrons. The summed E-state index contributed by atoms with van der Waals surface area (Å²) in [4.78, 5) is 18.1. The van der Waals surface area contributed by atoms with E-state index in [1.54, 1.807) is 13.1 Å². The first-order valence-electron chi connectivity index (χ1n) is 7.58. The van der Waals surface area contributed by atoms with E-state index in [1.165, 1.54) is 17.2 Å². The van der Waals surface area contributed by atoms with Crippen LogP contribution in [0.3, 0.4) is 0 Å². The monoisotopic (exact) mass is 344 g/mol. The molecule has 24 heavy (non-hydrogen) atoms. The van der Waals surface area contributed by atoms with Crippen molar-refractivity contribution in [2.45, 2.75) is 13.8 Å². The number of hydrogen-bond donors (Lipinski definition) is 3. The van der Waals surface area contributed by atoms with Gasteiger partial charge in [0.05, 0.1) is 5.69 Å². The van der Waals surface area contributed by atoms with E-state index in [0.717, 1.165) is 23.1 Å². The van der Waals surface area contributed by atoms with Crippen molar-refractivity contribution in [3.63, 3.8) is 0 Å². The topological polar surface area (TPSA) is 69.8 Å². The predicted octanol–water partition coefficient (Wildman–Crippen LogP) is 3.51. The average molecular weight is 344 g/mol. The molecular weight excluding hydrogens is 320 g/mol. The van der Waals surface area contributed by atoms with E-state index < -0.39 is 0 Å². The van der Waals surface area contributed by atoms with Gasteiger partial charge in [-0.3, -0.25) is 4.79 Å². The van der Waals surface area contributed by atoms with Crippen LogP contribution in [0.1, 0.15) is 16.7 Å². The van der Waals surface area contributed by atoms with Crippen molar-refractivity contribution >= 4 is 30.5 Å². The molecule has 0 aliphatic heterocycles. The van der Waals surface area contributed by atoms with Gasteiger partial charge in [0.25, 0.3) is 0 Å².